The van der Waals surface area contributed by atoms with E-state index in [0.717, 1.165) is 38.0 Å². The summed E-state index contributed by atoms with van der Waals surface area (Å²) in [5, 5.41) is 13.7. The molecular weight excluding hydrogens is 250 g/mol. The topological polar surface area (TPSA) is 41.5 Å². The standard InChI is InChI=1S/C17H27NO2/c1-13(2)11-14-3-5-15(6-4-14)17(19)12-18-16-7-9-20-10-8-16/h3-6,13,16-19H,7-12H2,1-2H3. The molecule has 2 N–H and O–H groups in total. The molecule has 1 aliphatic rings. The second-order valence-electron chi connectivity index (χ2n) is 6.15. The van der Waals surface area contributed by atoms with Crippen LogP contribution in [-0.2, 0) is 11.2 Å². The first kappa shape index (κ1) is 15.5. The van der Waals surface area contributed by atoms with Crippen LogP contribution in [0.25, 0.3) is 0 Å². The molecule has 1 atom stereocenters. The van der Waals surface area contributed by atoms with E-state index in [1.807, 2.05) is 12.1 Å². The van der Waals surface area contributed by atoms with Crippen molar-refractivity contribution in [2.45, 2.75) is 45.3 Å². The summed E-state index contributed by atoms with van der Waals surface area (Å²) in [4.78, 5) is 0. The molecule has 1 aliphatic heterocycles. The van der Waals surface area contributed by atoms with Crippen LogP contribution >= 0.6 is 0 Å². The van der Waals surface area contributed by atoms with Gasteiger partial charge in [0, 0.05) is 25.8 Å². The van der Waals surface area contributed by atoms with Gasteiger partial charge in [-0.05, 0) is 36.3 Å². The van der Waals surface area contributed by atoms with E-state index in [1.165, 1.54) is 5.56 Å². The second-order valence-corrected chi connectivity index (χ2v) is 6.15. The van der Waals surface area contributed by atoms with Crippen molar-refractivity contribution in [3.8, 4) is 0 Å². The molecule has 0 saturated carbocycles. The third-order valence-corrected chi connectivity index (χ3v) is 3.83. The Kier molecular flexibility index (Phi) is 6.02. The summed E-state index contributed by atoms with van der Waals surface area (Å²) in [6.45, 7) is 6.73. The van der Waals surface area contributed by atoms with Crippen molar-refractivity contribution in [1.29, 1.82) is 0 Å². The highest BCUT2D eigenvalue weighted by Gasteiger charge is 2.15. The number of hydrogen-bond donors (Lipinski definition) is 2. The van der Waals surface area contributed by atoms with Crippen LogP contribution in [0.15, 0.2) is 24.3 Å². The first-order valence-electron chi connectivity index (χ1n) is 7.73. The molecule has 3 heteroatoms. The van der Waals surface area contributed by atoms with E-state index < -0.39 is 6.10 Å². The van der Waals surface area contributed by atoms with E-state index in [-0.39, 0.29) is 0 Å². The maximum atomic E-state index is 10.2. The zero-order chi connectivity index (χ0) is 14.4. The van der Waals surface area contributed by atoms with Gasteiger partial charge in [-0.1, -0.05) is 38.1 Å². The van der Waals surface area contributed by atoms with Crippen molar-refractivity contribution in [2.75, 3.05) is 19.8 Å². The van der Waals surface area contributed by atoms with Gasteiger partial charge in [0.1, 0.15) is 0 Å². The zero-order valence-electron chi connectivity index (χ0n) is 12.6. The molecule has 0 radical (unpaired) electrons. The van der Waals surface area contributed by atoms with E-state index >= 15 is 0 Å². The lowest BCUT2D eigenvalue weighted by Crippen LogP contribution is -2.37. The molecular formula is C17H27NO2. The molecule has 1 aromatic rings. The van der Waals surface area contributed by atoms with Crippen LogP contribution in [0.1, 0.15) is 43.9 Å². The quantitative estimate of drug-likeness (QED) is 0.840. The highest BCUT2D eigenvalue weighted by atomic mass is 16.5. The second kappa shape index (κ2) is 7.77. The van der Waals surface area contributed by atoms with Crippen molar-refractivity contribution in [3.05, 3.63) is 35.4 Å². The van der Waals surface area contributed by atoms with Gasteiger partial charge >= 0.3 is 0 Å². The van der Waals surface area contributed by atoms with Crippen molar-refractivity contribution in [3.63, 3.8) is 0 Å². The van der Waals surface area contributed by atoms with Crippen LogP contribution < -0.4 is 5.32 Å². The van der Waals surface area contributed by atoms with Crippen molar-refractivity contribution < 1.29 is 9.84 Å². The summed E-state index contributed by atoms with van der Waals surface area (Å²) in [6, 6.07) is 8.85. The summed E-state index contributed by atoms with van der Waals surface area (Å²) < 4.78 is 5.33. The Bertz CT molecular complexity index is 382. The Balaban J connectivity index is 1.80. The van der Waals surface area contributed by atoms with Crippen molar-refractivity contribution >= 4 is 0 Å². The van der Waals surface area contributed by atoms with Gasteiger partial charge in [-0.3, -0.25) is 0 Å². The molecule has 0 spiro atoms. The Morgan fingerprint density at radius 1 is 1.20 bits per heavy atom. The first-order valence-corrected chi connectivity index (χ1v) is 7.73. The Morgan fingerprint density at radius 3 is 2.45 bits per heavy atom. The normalized spacial score (nSPS) is 18.4. The van der Waals surface area contributed by atoms with Crippen LogP contribution in [-0.4, -0.2) is 30.9 Å². The summed E-state index contributed by atoms with van der Waals surface area (Å²) >= 11 is 0. The lowest BCUT2D eigenvalue weighted by atomic mass is 10.00. The maximum Gasteiger partial charge on any atom is 0.0914 e. The average Bonchev–Trinajstić information content (AvgIpc) is 2.46. The maximum absolute atomic E-state index is 10.2. The highest BCUT2D eigenvalue weighted by Crippen LogP contribution is 2.16. The fourth-order valence-corrected chi connectivity index (χ4v) is 2.65. The van der Waals surface area contributed by atoms with Gasteiger partial charge < -0.3 is 15.2 Å². The zero-order valence-corrected chi connectivity index (χ0v) is 12.6. The Hall–Kier alpha value is -0.900. The minimum atomic E-state index is -0.425. The van der Waals surface area contributed by atoms with E-state index in [2.05, 4.69) is 31.3 Å². The van der Waals surface area contributed by atoms with Gasteiger partial charge in [0.15, 0.2) is 0 Å². The van der Waals surface area contributed by atoms with Crippen LogP contribution in [0.5, 0.6) is 0 Å². The molecule has 0 aromatic heterocycles. The number of ether oxygens (including phenoxy) is 1. The van der Waals surface area contributed by atoms with E-state index in [9.17, 15) is 5.11 Å². The monoisotopic (exact) mass is 277 g/mol. The molecule has 20 heavy (non-hydrogen) atoms. The van der Waals surface area contributed by atoms with Crippen LogP contribution in [0, 0.1) is 5.92 Å². The average molecular weight is 277 g/mol. The third kappa shape index (κ3) is 4.89. The summed E-state index contributed by atoms with van der Waals surface area (Å²) in [6.07, 6.45) is 2.75. The Labute approximate surface area is 122 Å². The van der Waals surface area contributed by atoms with Crippen LogP contribution in [0.4, 0.5) is 0 Å². The molecule has 0 bridgehead atoms. The fraction of sp³-hybridized carbons (Fsp3) is 0.647. The smallest absolute Gasteiger partial charge is 0.0914 e. The van der Waals surface area contributed by atoms with Gasteiger partial charge in [-0.25, -0.2) is 0 Å². The van der Waals surface area contributed by atoms with E-state index in [0.29, 0.717) is 18.5 Å². The molecule has 1 fully saturated rings. The molecule has 0 aliphatic carbocycles. The number of benzene rings is 1. The first-order chi connectivity index (χ1) is 9.65. The third-order valence-electron chi connectivity index (χ3n) is 3.83. The SMILES string of the molecule is CC(C)Cc1ccc(C(O)CNC2CCOCC2)cc1. The van der Waals surface area contributed by atoms with Crippen LogP contribution in [0.2, 0.25) is 0 Å². The Morgan fingerprint density at radius 2 is 1.85 bits per heavy atom. The van der Waals surface area contributed by atoms with E-state index in [1.54, 1.807) is 0 Å². The molecule has 1 saturated heterocycles. The van der Waals surface area contributed by atoms with Gasteiger partial charge in [-0.15, -0.1) is 0 Å². The van der Waals surface area contributed by atoms with E-state index in [4.69, 9.17) is 4.74 Å². The predicted octanol–water partition coefficient (Wildman–Crippen LogP) is 2.69. The molecule has 1 unspecified atom stereocenters. The molecule has 112 valence electrons. The van der Waals surface area contributed by atoms with Gasteiger partial charge in [-0.2, -0.15) is 0 Å². The predicted molar refractivity (Wildman–Crippen MR) is 81.8 cm³/mol. The number of aliphatic hydroxyl groups is 1. The van der Waals surface area contributed by atoms with Crippen LogP contribution in [0.3, 0.4) is 0 Å². The summed E-state index contributed by atoms with van der Waals surface area (Å²) in [5.41, 5.74) is 2.34. The molecule has 1 aromatic carbocycles. The van der Waals surface area contributed by atoms with Crippen molar-refractivity contribution in [2.24, 2.45) is 5.92 Å². The fourth-order valence-electron chi connectivity index (χ4n) is 2.65. The molecule has 2 rings (SSSR count). The highest BCUT2D eigenvalue weighted by molar-refractivity contribution is 5.24. The van der Waals surface area contributed by atoms with Gasteiger partial charge in [0.25, 0.3) is 0 Å². The molecule has 0 amide bonds. The number of hydrogen-bond acceptors (Lipinski definition) is 3. The minimum Gasteiger partial charge on any atom is -0.387 e. The number of rotatable bonds is 6. The summed E-state index contributed by atoms with van der Waals surface area (Å²) in [7, 11) is 0. The molecule has 3 nitrogen and oxygen atoms in total. The minimum absolute atomic E-state index is 0.425. The lowest BCUT2D eigenvalue weighted by Gasteiger charge is -2.24. The number of aliphatic hydroxyl groups excluding tert-OH is 1. The van der Waals surface area contributed by atoms with Gasteiger partial charge in [0.2, 0.25) is 0 Å². The largest absolute Gasteiger partial charge is 0.387 e. The molecule has 1 heterocycles. The summed E-state index contributed by atoms with van der Waals surface area (Å²) in [5.74, 6) is 0.668. The lowest BCUT2D eigenvalue weighted by molar-refractivity contribution is 0.0724. The number of nitrogens with one attached hydrogen (secondary N) is 1. The van der Waals surface area contributed by atoms with Gasteiger partial charge in [0.05, 0.1) is 6.10 Å². The van der Waals surface area contributed by atoms with Crippen molar-refractivity contribution in [1.82, 2.24) is 5.32 Å².